The number of amides is 2. The molecule has 1 N–H and O–H groups in total. The smallest absolute Gasteiger partial charge is 0.272 e. The van der Waals surface area contributed by atoms with Gasteiger partial charge in [0, 0.05) is 12.7 Å². The predicted molar refractivity (Wildman–Crippen MR) is 109 cm³/mol. The van der Waals surface area contributed by atoms with Crippen LogP contribution in [-0.4, -0.2) is 41.3 Å². The van der Waals surface area contributed by atoms with E-state index in [1.54, 1.807) is 44.3 Å². The van der Waals surface area contributed by atoms with Crippen LogP contribution in [0.4, 0.5) is 14.5 Å². The summed E-state index contributed by atoms with van der Waals surface area (Å²) in [6.07, 6.45) is 0. The van der Waals surface area contributed by atoms with Crippen LogP contribution in [0.15, 0.2) is 48.5 Å². The molecule has 2 heterocycles. The van der Waals surface area contributed by atoms with Crippen LogP contribution < -0.4 is 15.0 Å². The van der Waals surface area contributed by atoms with Gasteiger partial charge in [0.2, 0.25) is 0 Å². The third-order valence-corrected chi connectivity index (χ3v) is 5.10. The third kappa shape index (κ3) is 4.11. The maximum absolute atomic E-state index is 13.5. The van der Waals surface area contributed by atoms with Crippen molar-refractivity contribution in [1.82, 2.24) is 15.1 Å². The van der Waals surface area contributed by atoms with Crippen molar-refractivity contribution in [2.75, 3.05) is 18.6 Å². The number of halogens is 2. The Balaban J connectivity index is 1.48. The van der Waals surface area contributed by atoms with E-state index in [0.29, 0.717) is 22.7 Å². The van der Waals surface area contributed by atoms with Crippen LogP contribution in [0.1, 0.15) is 21.7 Å². The van der Waals surface area contributed by atoms with Crippen molar-refractivity contribution in [1.29, 1.82) is 0 Å². The van der Waals surface area contributed by atoms with Crippen LogP contribution >= 0.6 is 0 Å². The molecule has 3 aromatic rings. The van der Waals surface area contributed by atoms with Crippen molar-refractivity contribution < 1.29 is 23.1 Å². The van der Waals surface area contributed by atoms with Crippen molar-refractivity contribution in [2.45, 2.75) is 19.5 Å². The molecular weight excluding hydrogens is 406 g/mol. The fourth-order valence-electron chi connectivity index (χ4n) is 3.38. The van der Waals surface area contributed by atoms with Crippen LogP contribution in [0.2, 0.25) is 0 Å². The summed E-state index contributed by atoms with van der Waals surface area (Å²) in [6.45, 7) is 1.90. The van der Waals surface area contributed by atoms with E-state index in [2.05, 4.69) is 10.4 Å². The number of para-hydroxylation sites is 2. The van der Waals surface area contributed by atoms with Crippen LogP contribution in [0.5, 0.6) is 5.75 Å². The lowest BCUT2D eigenvalue weighted by Crippen LogP contribution is -2.49. The largest absolute Gasteiger partial charge is 0.489 e. The highest BCUT2D eigenvalue weighted by molar-refractivity contribution is 6.02. The third-order valence-electron chi connectivity index (χ3n) is 5.10. The SMILES string of the molecule is Cc1cc(C(=O)NC2COc3ccccc3N(C)C2=O)nn1Cc1ccc(F)c(F)c1. The predicted octanol–water partition coefficient (Wildman–Crippen LogP) is 2.67. The number of likely N-dealkylation sites (N-methyl/N-ethyl adjacent to an activating group) is 1. The van der Waals surface area contributed by atoms with E-state index in [-0.39, 0.29) is 24.8 Å². The normalized spacial score (nSPS) is 15.8. The minimum Gasteiger partial charge on any atom is -0.489 e. The van der Waals surface area contributed by atoms with Gasteiger partial charge in [-0.2, -0.15) is 5.10 Å². The van der Waals surface area contributed by atoms with E-state index in [1.807, 2.05) is 0 Å². The van der Waals surface area contributed by atoms with Gasteiger partial charge in [-0.05, 0) is 42.8 Å². The number of anilines is 1. The molecule has 1 atom stereocenters. The van der Waals surface area contributed by atoms with Gasteiger partial charge in [-0.3, -0.25) is 14.3 Å². The molecular formula is C22H20F2N4O3. The molecule has 2 aromatic carbocycles. The van der Waals surface area contributed by atoms with E-state index in [4.69, 9.17) is 4.74 Å². The average molecular weight is 426 g/mol. The molecule has 0 radical (unpaired) electrons. The molecule has 0 bridgehead atoms. The Bertz CT molecular complexity index is 1160. The Morgan fingerprint density at radius 1 is 1.19 bits per heavy atom. The zero-order chi connectivity index (χ0) is 22.1. The Kier molecular flexibility index (Phi) is 5.41. The van der Waals surface area contributed by atoms with Gasteiger partial charge in [-0.25, -0.2) is 8.78 Å². The van der Waals surface area contributed by atoms with Crippen LogP contribution in [-0.2, 0) is 11.3 Å². The van der Waals surface area contributed by atoms with E-state index >= 15 is 0 Å². The van der Waals surface area contributed by atoms with Gasteiger partial charge >= 0.3 is 0 Å². The quantitative estimate of drug-likeness (QED) is 0.696. The number of fused-ring (bicyclic) bond motifs is 1. The zero-order valence-electron chi connectivity index (χ0n) is 16.9. The molecule has 4 rings (SSSR count). The van der Waals surface area contributed by atoms with Gasteiger partial charge in [-0.1, -0.05) is 18.2 Å². The second-order valence-corrected chi connectivity index (χ2v) is 7.28. The first-order valence-corrected chi connectivity index (χ1v) is 9.62. The van der Waals surface area contributed by atoms with Crippen molar-refractivity contribution in [2.24, 2.45) is 0 Å². The number of ether oxygens (including phenoxy) is 1. The molecule has 0 aliphatic carbocycles. The average Bonchev–Trinajstić information content (AvgIpc) is 3.07. The number of hydrogen-bond donors (Lipinski definition) is 1. The number of carbonyl (C=O) groups excluding carboxylic acids is 2. The molecule has 7 nitrogen and oxygen atoms in total. The molecule has 1 unspecified atom stereocenters. The highest BCUT2D eigenvalue weighted by Gasteiger charge is 2.31. The zero-order valence-corrected chi connectivity index (χ0v) is 16.9. The summed E-state index contributed by atoms with van der Waals surface area (Å²) in [7, 11) is 1.62. The summed E-state index contributed by atoms with van der Waals surface area (Å²) in [5, 5.41) is 6.92. The fraction of sp³-hybridized carbons (Fsp3) is 0.227. The summed E-state index contributed by atoms with van der Waals surface area (Å²) in [4.78, 5) is 27.0. The monoisotopic (exact) mass is 426 g/mol. The Labute approximate surface area is 177 Å². The number of carbonyl (C=O) groups is 2. The van der Waals surface area contributed by atoms with Gasteiger partial charge in [0.25, 0.3) is 11.8 Å². The van der Waals surface area contributed by atoms with Crippen molar-refractivity contribution >= 4 is 17.5 Å². The van der Waals surface area contributed by atoms with E-state index in [0.717, 1.165) is 12.1 Å². The van der Waals surface area contributed by atoms with Crippen LogP contribution in [0.3, 0.4) is 0 Å². The van der Waals surface area contributed by atoms with Crippen molar-refractivity contribution in [3.05, 3.63) is 77.1 Å². The van der Waals surface area contributed by atoms with E-state index < -0.39 is 23.6 Å². The maximum atomic E-state index is 13.5. The second-order valence-electron chi connectivity index (χ2n) is 7.28. The number of nitrogens with one attached hydrogen (secondary N) is 1. The van der Waals surface area contributed by atoms with E-state index in [1.165, 1.54) is 15.6 Å². The summed E-state index contributed by atoms with van der Waals surface area (Å²) < 4.78 is 33.8. The summed E-state index contributed by atoms with van der Waals surface area (Å²) in [6, 6.07) is 11.4. The standard InChI is InChI=1S/C22H20F2N4O3/c1-13-9-17(26-28(13)11-14-7-8-15(23)16(24)10-14)21(29)25-18-12-31-20-6-4-3-5-19(20)27(2)22(18)30/h3-10,18H,11-12H2,1-2H3,(H,25,29). The number of benzene rings is 2. The molecule has 0 saturated carbocycles. The molecule has 2 amide bonds. The number of nitrogens with zero attached hydrogens (tertiary/aromatic N) is 3. The Morgan fingerprint density at radius 2 is 1.97 bits per heavy atom. The molecule has 0 saturated heterocycles. The lowest BCUT2D eigenvalue weighted by atomic mass is 10.2. The van der Waals surface area contributed by atoms with E-state index in [9.17, 15) is 18.4 Å². The van der Waals surface area contributed by atoms with Crippen LogP contribution in [0.25, 0.3) is 0 Å². The minimum atomic E-state index is -0.947. The number of aromatic nitrogens is 2. The Hall–Kier alpha value is -3.75. The minimum absolute atomic E-state index is 0.0134. The first kappa shape index (κ1) is 20.5. The summed E-state index contributed by atoms with van der Waals surface area (Å²) in [5.74, 6) is -2.16. The molecule has 160 valence electrons. The molecule has 9 heteroatoms. The first-order chi connectivity index (χ1) is 14.8. The topological polar surface area (TPSA) is 76.5 Å². The summed E-state index contributed by atoms with van der Waals surface area (Å²) >= 11 is 0. The van der Waals surface area contributed by atoms with Gasteiger partial charge in [0.1, 0.15) is 24.1 Å². The van der Waals surface area contributed by atoms with Gasteiger partial charge in [0.15, 0.2) is 11.6 Å². The molecule has 1 aliphatic rings. The van der Waals surface area contributed by atoms with Crippen molar-refractivity contribution in [3.8, 4) is 5.75 Å². The Morgan fingerprint density at radius 3 is 2.74 bits per heavy atom. The number of hydrogen-bond acceptors (Lipinski definition) is 4. The van der Waals surface area contributed by atoms with Gasteiger partial charge in [0.05, 0.1) is 12.2 Å². The second kappa shape index (κ2) is 8.17. The lowest BCUT2D eigenvalue weighted by Gasteiger charge is -2.20. The summed E-state index contributed by atoms with van der Waals surface area (Å²) in [5.41, 5.74) is 1.89. The lowest BCUT2D eigenvalue weighted by molar-refractivity contribution is -0.120. The molecule has 0 spiro atoms. The maximum Gasteiger partial charge on any atom is 0.272 e. The van der Waals surface area contributed by atoms with Crippen LogP contribution in [0, 0.1) is 18.6 Å². The van der Waals surface area contributed by atoms with Gasteiger partial charge in [-0.15, -0.1) is 0 Å². The molecule has 1 aromatic heterocycles. The number of aryl methyl sites for hydroxylation is 1. The molecule has 1 aliphatic heterocycles. The first-order valence-electron chi connectivity index (χ1n) is 9.62. The molecule has 0 fully saturated rings. The fourth-order valence-corrected chi connectivity index (χ4v) is 3.38. The number of rotatable bonds is 4. The van der Waals surface area contributed by atoms with Crippen molar-refractivity contribution in [3.63, 3.8) is 0 Å². The van der Waals surface area contributed by atoms with Gasteiger partial charge < -0.3 is 15.0 Å². The highest BCUT2D eigenvalue weighted by Crippen LogP contribution is 2.29. The molecule has 31 heavy (non-hydrogen) atoms. The highest BCUT2D eigenvalue weighted by atomic mass is 19.2.